The van der Waals surface area contributed by atoms with Gasteiger partial charge in [-0.1, -0.05) is 54.6 Å². The van der Waals surface area contributed by atoms with Gasteiger partial charge in [0.15, 0.2) is 0 Å². The lowest BCUT2D eigenvalue weighted by Crippen LogP contribution is -2.59. The fourth-order valence-electron chi connectivity index (χ4n) is 2.82. The molecule has 2 aromatic rings. The molecule has 0 saturated carbocycles. The number of rotatable bonds is 2. The number of hydrogen-bond donors (Lipinski definition) is 0. The molecule has 2 nitrogen and oxygen atoms in total. The van der Waals surface area contributed by atoms with Gasteiger partial charge in [-0.05, 0) is 37.5 Å². The van der Waals surface area contributed by atoms with Gasteiger partial charge in [-0.2, -0.15) is 0 Å². The van der Waals surface area contributed by atoms with E-state index < -0.39 is 0 Å². The highest BCUT2D eigenvalue weighted by atomic mass is 16.2. The number of likely N-dealkylation sites (tertiary alicyclic amines) is 1. The van der Waals surface area contributed by atoms with Crippen molar-refractivity contribution in [3.05, 3.63) is 60.2 Å². The van der Waals surface area contributed by atoms with E-state index in [1.54, 1.807) is 0 Å². The van der Waals surface area contributed by atoms with E-state index in [2.05, 4.69) is 57.2 Å². The standard InChI is InChI=1S/C19H21NO/c1-19(2,3)20-13-17(18(20)21)16-11-9-15(10-12-16)14-7-5-4-6-8-14/h4-12,17H,13H2,1-3H3. The van der Waals surface area contributed by atoms with Gasteiger partial charge in [0.05, 0.1) is 5.92 Å². The molecule has 0 N–H and O–H groups in total. The van der Waals surface area contributed by atoms with Crippen molar-refractivity contribution in [3.63, 3.8) is 0 Å². The van der Waals surface area contributed by atoms with Gasteiger partial charge in [0.1, 0.15) is 0 Å². The molecule has 1 aliphatic rings. The lowest BCUT2D eigenvalue weighted by atomic mass is 9.85. The third kappa shape index (κ3) is 2.58. The van der Waals surface area contributed by atoms with Crippen LogP contribution in [0.2, 0.25) is 0 Å². The minimum Gasteiger partial charge on any atom is -0.336 e. The highest BCUT2D eigenvalue weighted by molar-refractivity contribution is 5.90. The first-order valence-electron chi connectivity index (χ1n) is 7.44. The molecule has 2 heteroatoms. The summed E-state index contributed by atoms with van der Waals surface area (Å²) in [5, 5.41) is 0. The number of carbonyl (C=O) groups excluding carboxylic acids is 1. The van der Waals surface area contributed by atoms with Gasteiger partial charge in [0.25, 0.3) is 0 Å². The monoisotopic (exact) mass is 279 g/mol. The number of hydrogen-bond acceptors (Lipinski definition) is 1. The summed E-state index contributed by atoms with van der Waals surface area (Å²) in [5.74, 6) is 0.281. The van der Waals surface area contributed by atoms with Crippen molar-refractivity contribution in [1.82, 2.24) is 4.90 Å². The van der Waals surface area contributed by atoms with E-state index >= 15 is 0 Å². The van der Waals surface area contributed by atoms with Crippen molar-refractivity contribution in [2.75, 3.05) is 6.54 Å². The van der Waals surface area contributed by atoms with Crippen LogP contribution in [-0.4, -0.2) is 22.9 Å². The van der Waals surface area contributed by atoms with E-state index in [1.807, 2.05) is 23.1 Å². The summed E-state index contributed by atoms with van der Waals surface area (Å²) in [7, 11) is 0. The Morgan fingerprint density at radius 1 is 0.905 bits per heavy atom. The Labute approximate surface area is 126 Å². The minimum absolute atomic E-state index is 0.0362. The van der Waals surface area contributed by atoms with E-state index in [9.17, 15) is 4.79 Å². The van der Waals surface area contributed by atoms with Crippen LogP contribution in [0.1, 0.15) is 32.3 Å². The Hall–Kier alpha value is -2.09. The summed E-state index contributed by atoms with van der Waals surface area (Å²) in [4.78, 5) is 14.2. The summed E-state index contributed by atoms with van der Waals surface area (Å²) in [6, 6.07) is 18.7. The molecule has 3 rings (SSSR count). The third-order valence-electron chi connectivity index (χ3n) is 4.16. The SMILES string of the molecule is CC(C)(C)N1CC(c2ccc(-c3ccccc3)cc2)C1=O. The van der Waals surface area contributed by atoms with Crippen molar-refractivity contribution in [3.8, 4) is 11.1 Å². The largest absolute Gasteiger partial charge is 0.336 e. The van der Waals surface area contributed by atoms with Crippen LogP contribution in [0.4, 0.5) is 0 Å². The molecule has 2 aromatic carbocycles. The van der Waals surface area contributed by atoms with Crippen molar-refractivity contribution < 1.29 is 4.79 Å². The molecule has 1 unspecified atom stereocenters. The molecular formula is C19H21NO. The predicted molar refractivity (Wildman–Crippen MR) is 86.1 cm³/mol. The second kappa shape index (κ2) is 5.03. The Balaban J connectivity index is 1.76. The average Bonchev–Trinajstić information content (AvgIpc) is 2.46. The maximum atomic E-state index is 12.3. The topological polar surface area (TPSA) is 20.3 Å². The Morgan fingerprint density at radius 3 is 2.00 bits per heavy atom. The molecule has 1 saturated heterocycles. The van der Waals surface area contributed by atoms with Gasteiger partial charge in [-0.3, -0.25) is 4.79 Å². The van der Waals surface area contributed by atoms with Gasteiger partial charge < -0.3 is 4.90 Å². The molecule has 21 heavy (non-hydrogen) atoms. The number of benzene rings is 2. The molecule has 0 aliphatic carbocycles. The summed E-state index contributed by atoms with van der Waals surface area (Å²) in [5.41, 5.74) is 3.46. The summed E-state index contributed by atoms with van der Waals surface area (Å²) in [6.45, 7) is 7.08. The summed E-state index contributed by atoms with van der Waals surface area (Å²) in [6.07, 6.45) is 0. The first-order chi connectivity index (χ1) is 9.97. The van der Waals surface area contributed by atoms with Crippen LogP contribution < -0.4 is 0 Å². The Kier molecular flexibility index (Phi) is 3.32. The van der Waals surface area contributed by atoms with Crippen LogP contribution in [0, 0.1) is 0 Å². The van der Waals surface area contributed by atoms with Crippen LogP contribution in [0.5, 0.6) is 0 Å². The molecule has 1 amide bonds. The number of β-lactam (4-membered cyclic amide) rings is 1. The molecule has 1 atom stereocenters. The first kappa shape index (κ1) is 13.9. The number of carbonyl (C=O) groups is 1. The fraction of sp³-hybridized carbons (Fsp3) is 0.316. The van der Waals surface area contributed by atoms with Crippen LogP contribution in [0.3, 0.4) is 0 Å². The Bertz CT molecular complexity index is 638. The van der Waals surface area contributed by atoms with E-state index in [-0.39, 0.29) is 17.4 Å². The van der Waals surface area contributed by atoms with Gasteiger partial charge >= 0.3 is 0 Å². The van der Waals surface area contributed by atoms with Gasteiger partial charge in [-0.25, -0.2) is 0 Å². The molecule has 0 radical (unpaired) electrons. The Morgan fingerprint density at radius 2 is 1.48 bits per heavy atom. The molecule has 0 bridgehead atoms. The zero-order valence-corrected chi connectivity index (χ0v) is 12.8. The van der Waals surface area contributed by atoms with Crippen molar-refractivity contribution in [1.29, 1.82) is 0 Å². The maximum absolute atomic E-state index is 12.3. The zero-order valence-electron chi connectivity index (χ0n) is 12.8. The highest BCUT2D eigenvalue weighted by Gasteiger charge is 2.43. The zero-order chi connectivity index (χ0) is 15.0. The van der Waals surface area contributed by atoms with E-state index in [1.165, 1.54) is 11.1 Å². The van der Waals surface area contributed by atoms with Crippen LogP contribution in [0.15, 0.2) is 54.6 Å². The first-order valence-corrected chi connectivity index (χ1v) is 7.44. The molecular weight excluding hydrogens is 258 g/mol. The lowest BCUT2D eigenvalue weighted by Gasteiger charge is -2.47. The normalized spacial score (nSPS) is 18.5. The molecule has 0 spiro atoms. The predicted octanol–water partition coefficient (Wildman–Crippen LogP) is 4.08. The summed E-state index contributed by atoms with van der Waals surface area (Å²) < 4.78 is 0. The third-order valence-corrected chi connectivity index (χ3v) is 4.16. The van der Waals surface area contributed by atoms with E-state index in [0.717, 1.165) is 12.1 Å². The molecule has 1 fully saturated rings. The minimum atomic E-state index is -0.0719. The molecule has 0 aromatic heterocycles. The molecule has 108 valence electrons. The van der Waals surface area contributed by atoms with Crippen LogP contribution >= 0.6 is 0 Å². The van der Waals surface area contributed by atoms with Crippen molar-refractivity contribution in [2.45, 2.75) is 32.2 Å². The van der Waals surface area contributed by atoms with Crippen molar-refractivity contribution in [2.24, 2.45) is 0 Å². The summed E-state index contributed by atoms with van der Waals surface area (Å²) >= 11 is 0. The molecule has 1 aliphatic heterocycles. The smallest absolute Gasteiger partial charge is 0.232 e. The van der Waals surface area contributed by atoms with Gasteiger partial charge in [0.2, 0.25) is 5.91 Å². The van der Waals surface area contributed by atoms with E-state index in [4.69, 9.17) is 0 Å². The highest BCUT2D eigenvalue weighted by Crippen LogP contribution is 2.34. The lowest BCUT2D eigenvalue weighted by molar-refractivity contribution is -0.149. The van der Waals surface area contributed by atoms with Crippen molar-refractivity contribution >= 4 is 5.91 Å². The number of nitrogens with zero attached hydrogens (tertiary/aromatic N) is 1. The molecule has 1 heterocycles. The van der Waals surface area contributed by atoms with E-state index in [0.29, 0.717) is 0 Å². The quantitative estimate of drug-likeness (QED) is 0.759. The van der Waals surface area contributed by atoms with Crippen LogP contribution in [-0.2, 0) is 4.79 Å². The second-order valence-electron chi connectivity index (χ2n) is 6.66. The van der Waals surface area contributed by atoms with Crippen LogP contribution in [0.25, 0.3) is 11.1 Å². The second-order valence-corrected chi connectivity index (χ2v) is 6.66. The maximum Gasteiger partial charge on any atom is 0.232 e. The average molecular weight is 279 g/mol. The fourth-order valence-corrected chi connectivity index (χ4v) is 2.82. The van der Waals surface area contributed by atoms with Gasteiger partial charge in [-0.15, -0.1) is 0 Å². The van der Waals surface area contributed by atoms with Gasteiger partial charge in [0, 0.05) is 12.1 Å². The number of amides is 1.